The molecule has 1 rings (SSSR count). The first kappa shape index (κ1) is 10.8. The molecule has 0 aliphatic carbocycles. The fourth-order valence-electron chi connectivity index (χ4n) is 1.04. The fourth-order valence-corrected chi connectivity index (χ4v) is 1.04. The van der Waals surface area contributed by atoms with E-state index in [1.165, 1.54) is 0 Å². The number of hydrogen-bond donors (Lipinski definition) is 1. The zero-order valence-corrected chi connectivity index (χ0v) is 8.39. The van der Waals surface area contributed by atoms with Gasteiger partial charge in [0, 0.05) is 0 Å². The van der Waals surface area contributed by atoms with Crippen LogP contribution in [0.2, 0.25) is 0 Å². The zero-order chi connectivity index (χ0) is 10.2. The Bertz CT molecular complexity index is 265. The Morgan fingerprint density at radius 1 is 1.36 bits per heavy atom. The fraction of sp³-hybridized carbons (Fsp3) is 0.333. The molecule has 0 radical (unpaired) electrons. The highest BCUT2D eigenvalue weighted by molar-refractivity contribution is 5.13. The maximum absolute atomic E-state index is 8.96. The third-order valence-electron chi connectivity index (χ3n) is 1.76. The van der Waals surface area contributed by atoms with Crippen molar-refractivity contribution in [3.63, 3.8) is 0 Å². The molecule has 0 bridgehead atoms. The van der Waals surface area contributed by atoms with Crippen molar-refractivity contribution in [3.05, 3.63) is 48.2 Å². The minimum absolute atomic E-state index is 0.299. The van der Waals surface area contributed by atoms with Crippen LogP contribution >= 0.6 is 0 Å². The predicted molar refractivity (Wildman–Crippen MR) is 56.7 cm³/mol. The van der Waals surface area contributed by atoms with E-state index in [2.05, 4.69) is 0 Å². The molecule has 76 valence electrons. The molecule has 1 aromatic rings. The molecule has 1 N–H and O–H groups in total. The number of aliphatic hydroxyl groups is 1. The Labute approximate surface area is 84.8 Å². The zero-order valence-electron chi connectivity index (χ0n) is 8.39. The molecule has 1 atom stereocenters. The van der Waals surface area contributed by atoms with Crippen LogP contribution in [0, 0.1) is 0 Å². The van der Waals surface area contributed by atoms with E-state index in [0.29, 0.717) is 13.0 Å². The number of ether oxygens (including phenoxy) is 1. The number of aliphatic hydroxyl groups excluding tert-OH is 1. The molecule has 0 saturated carbocycles. The molecule has 0 aliphatic heterocycles. The van der Waals surface area contributed by atoms with Gasteiger partial charge < -0.3 is 9.84 Å². The van der Waals surface area contributed by atoms with Crippen LogP contribution in [0.4, 0.5) is 0 Å². The number of hydrogen-bond acceptors (Lipinski definition) is 2. The van der Waals surface area contributed by atoms with Crippen LogP contribution in [-0.2, 0) is 11.3 Å². The van der Waals surface area contributed by atoms with Gasteiger partial charge in [0.15, 0.2) is 0 Å². The summed E-state index contributed by atoms with van der Waals surface area (Å²) in [5.41, 5.74) is 1.15. The van der Waals surface area contributed by atoms with Gasteiger partial charge in [-0.25, -0.2) is 0 Å². The lowest BCUT2D eigenvalue weighted by Gasteiger charge is -2.01. The average molecular weight is 192 g/mol. The van der Waals surface area contributed by atoms with Crippen molar-refractivity contribution in [2.45, 2.75) is 26.1 Å². The van der Waals surface area contributed by atoms with Gasteiger partial charge in [0.25, 0.3) is 0 Å². The van der Waals surface area contributed by atoms with E-state index >= 15 is 0 Å². The molecule has 0 aromatic heterocycles. The van der Waals surface area contributed by atoms with Crippen molar-refractivity contribution in [2.24, 2.45) is 0 Å². The molecule has 0 saturated heterocycles. The van der Waals surface area contributed by atoms with Gasteiger partial charge in [0.1, 0.15) is 6.61 Å². The van der Waals surface area contributed by atoms with Crippen molar-refractivity contribution in [3.8, 4) is 0 Å². The summed E-state index contributed by atoms with van der Waals surface area (Å²) in [7, 11) is 0. The topological polar surface area (TPSA) is 29.5 Å². The van der Waals surface area contributed by atoms with Crippen molar-refractivity contribution in [1.29, 1.82) is 0 Å². The highest BCUT2D eigenvalue weighted by atomic mass is 16.5. The Kier molecular flexibility index (Phi) is 4.79. The van der Waals surface area contributed by atoms with Gasteiger partial charge in [-0.2, -0.15) is 0 Å². The summed E-state index contributed by atoms with van der Waals surface area (Å²) in [6, 6.07) is 9.98. The third kappa shape index (κ3) is 4.67. The highest BCUT2D eigenvalue weighted by Crippen LogP contribution is 2.01. The smallest absolute Gasteiger partial charge is 0.112 e. The lowest BCUT2D eigenvalue weighted by molar-refractivity contribution is 0.194. The molecule has 0 spiro atoms. The second kappa shape index (κ2) is 6.22. The Morgan fingerprint density at radius 2 is 2.07 bits per heavy atom. The molecule has 2 nitrogen and oxygen atoms in total. The Hall–Kier alpha value is -1.28. The van der Waals surface area contributed by atoms with Crippen LogP contribution in [0.1, 0.15) is 18.9 Å². The Balaban J connectivity index is 2.19. The quantitative estimate of drug-likeness (QED) is 0.726. The first-order chi connectivity index (χ1) is 6.79. The van der Waals surface area contributed by atoms with E-state index in [-0.39, 0.29) is 6.10 Å². The van der Waals surface area contributed by atoms with Crippen LogP contribution in [0.25, 0.3) is 0 Å². The summed E-state index contributed by atoms with van der Waals surface area (Å²) < 4.78 is 5.28. The SMILES string of the molecule is C[C@@H](O)CC=COCc1ccccc1. The highest BCUT2D eigenvalue weighted by Gasteiger charge is 1.90. The standard InChI is InChI=1S/C12H16O2/c1-11(13)6-5-9-14-10-12-7-3-2-4-8-12/h2-5,7-9,11,13H,6,10H2,1H3/t11-/m1/s1. The van der Waals surface area contributed by atoms with Gasteiger partial charge >= 0.3 is 0 Å². The summed E-state index contributed by atoms with van der Waals surface area (Å²) in [5, 5.41) is 8.96. The Morgan fingerprint density at radius 3 is 2.71 bits per heavy atom. The van der Waals surface area contributed by atoms with Gasteiger partial charge in [-0.15, -0.1) is 0 Å². The van der Waals surface area contributed by atoms with Crippen molar-refractivity contribution in [2.75, 3.05) is 0 Å². The van der Waals surface area contributed by atoms with E-state index in [4.69, 9.17) is 9.84 Å². The third-order valence-corrected chi connectivity index (χ3v) is 1.76. The summed E-state index contributed by atoms with van der Waals surface area (Å²) in [4.78, 5) is 0. The van der Waals surface area contributed by atoms with E-state index in [1.54, 1.807) is 13.2 Å². The normalized spacial score (nSPS) is 13.0. The van der Waals surface area contributed by atoms with Crippen LogP contribution in [-0.4, -0.2) is 11.2 Å². The monoisotopic (exact) mass is 192 g/mol. The molecular formula is C12H16O2. The molecule has 2 heteroatoms. The van der Waals surface area contributed by atoms with Crippen molar-refractivity contribution < 1.29 is 9.84 Å². The first-order valence-electron chi connectivity index (χ1n) is 4.77. The van der Waals surface area contributed by atoms with Crippen molar-refractivity contribution >= 4 is 0 Å². The average Bonchev–Trinajstić information content (AvgIpc) is 2.18. The van der Waals surface area contributed by atoms with Gasteiger partial charge in [0.05, 0.1) is 12.4 Å². The second-order valence-electron chi connectivity index (χ2n) is 3.25. The minimum atomic E-state index is -0.299. The predicted octanol–water partition coefficient (Wildman–Crippen LogP) is 2.49. The van der Waals surface area contributed by atoms with E-state index in [9.17, 15) is 0 Å². The number of benzene rings is 1. The minimum Gasteiger partial charge on any atom is -0.497 e. The van der Waals surface area contributed by atoms with Crippen LogP contribution in [0.5, 0.6) is 0 Å². The summed E-state index contributed by atoms with van der Waals surface area (Å²) in [5.74, 6) is 0. The van der Waals surface area contributed by atoms with E-state index in [0.717, 1.165) is 5.56 Å². The summed E-state index contributed by atoms with van der Waals surface area (Å²) >= 11 is 0. The lowest BCUT2D eigenvalue weighted by Crippen LogP contribution is -1.95. The largest absolute Gasteiger partial charge is 0.497 e. The maximum Gasteiger partial charge on any atom is 0.112 e. The molecular weight excluding hydrogens is 176 g/mol. The summed E-state index contributed by atoms with van der Waals surface area (Å²) in [6.45, 7) is 2.33. The van der Waals surface area contributed by atoms with Crippen molar-refractivity contribution in [1.82, 2.24) is 0 Å². The van der Waals surface area contributed by atoms with Gasteiger partial charge in [-0.05, 0) is 25.0 Å². The molecule has 0 aliphatic rings. The van der Waals surface area contributed by atoms with Crippen LogP contribution in [0.3, 0.4) is 0 Å². The van der Waals surface area contributed by atoms with Gasteiger partial charge in [-0.1, -0.05) is 30.3 Å². The van der Waals surface area contributed by atoms with E-state index in [1.807, 2.05) is 36.4 Å². The van der Waals surface area contributed by atoms with Crippen LogP contribution < -0.4 is 0 Å². The van der Waals surface area contributed by atoms with Gasteiger partial charge in [-0.3, -0.25) is 0 Å². The second-order valence-corrected chi connectivity index (χ2v) is 3.25. The van der Waals surface area contributed by atoms with E-state index < -0.39 is 0 Å². The molecule has 1 aromatic carbocycles. The maximum atomic E-state index is 8.96. The number of rotatable bonds is 5. The molecule has 14 heavy (non-hydrogen) atoms. The molecule has 0 unspecified atom stereocenters. The summed E-state index contributed by atoms with van der Waals surface area (Å²) in [6.07, 6.45) is 3.80. The molecule has 0 heterocycles. The van der Waals surface area contributed by atoms with Gasteiger partial charge in [0.2, 0.25) is 0 Å². The van der Waals surface area contributed by atoms with Crippen LogP contribution in [0.15, 0.2) is 42.7 Å². The lowest BCUT2D eigenvalue weighted by atomic mass is 10.2. The molecule has 0 amide bonds. The molecule has 0 fully saturated rings. The first-order valence-corrected chi connectivity index (χ1v) is 4.77.